The maximum atomic E-state index is 11.9. The minimum atomic E-state index is -2.92. The first kappa shape index (κ1) is 11.8. The lowest BCUT2D eigenvalue weighted by atomic mass is 9.87. The highest BCUT2D eigenvalue weighted by atomic mass is 19.3. The molecule has 84 valence electrons. The molecule has 4 heteroatoms. The van der Waals surface area contributed by atoms with E-state index in [2.05, 4.69) is 4.74 Å². The number of phenolic OH excluding ortho intramolecular Hbond substituents is 1. The van der Waals surface area contributed by atoms with Crippen LogP contribution in [0.1, 0.15) is 26.3 Å². The smallest absolute Gasteiger partial charge is 0.387 e. The summed E-state index contributed by atoms with van der Waals surface area (Å²) in [5.41, 5.74) is 0.725. The zero-order valence-corrected chi connectivity index (χ0v) is 8.92. The standard InChI is InChI=1S/C11H14F2O2/c1-11(2,3)7-4-5-9(8(14)6-7)15-10(12)13/h4-6,10,14H,1-3H3. The highest BCUT2D eigenvalue weighted by Crippen LogP contribution is 2.32. The van der Waals surface area contributed by atoms with Crippen molar-refractivity contribution in [1.29, 1.82) is 0 Å². The maximum absolute atomic E-state index is 11.9. The number of ether oxygens (including phenoxy) is 1. The summed E-state index contributed by atoms with van der Waals surface area (Å²) in [6, 6.07) is 4.46. The maximum Gasteiger partial charge on any atom is 0.387 e. The van der Waals surface area contributed by atoms with Crippen molar-refractivity contribution in [3.63, 3.8) is 0 Å². The van der Waals surface area contributed by atoms with Crippen LogP contribution in [0.15, 0.2) is 18.2 Å². The summed E-state index contributed by atoms with van der Waals surface area (Å²) >= 11 is 0. The van der Waals surface area contributed by atoms with E-state index >= 15 is 0 Å². The van der Waals surface area contributed by atoms with Crippen molar-refractivity contribution in [2.24, 2.45) is 0 Å². The average Bonchev–Trinajstić information content (AvgIpc) is 2.05. The molecule has 0 aromatic heterocycles. The fourth-order valence-corrected chi connectivity index (χ4v) is 1.18. The summed E-state index contributed by atoms with van der Waals surface area (Å²) in [6.07, 6.45) is 0. The summed E-state index contributed by atoms with van der Waals surface area (Å²) in [6.45, 7) is 2.98. The predicted octanol–water partition coefficient (Wildman–Crippen LogP) is 3.29. The summed E-state index contributed by atoms with van der Waals surface area (Å²) in [7, 11) is 0. The molecule has 1 aromatic carbocycles. The van der Waals surface area contributed by atoms with Crippen LogP contribution in [0.3, 0.4) is 0 Å². The molecule has 0 amide bonds. The lowest BCUT2D eigenvalue weighted by Gasteiger charge is -2.19. The van der Waals surface area contributed by atoms with E-state index in [4.69, 9.17) is 0 Å². The summed E-state index contributed by atoms with van der Waals surface area (Å²) in [5.74, 6) is -0.458. The molecule has 0 heterocycles. The molecule has 0 aliphatic heterocycles. The van der Waals surface area contributed by atoms with Crippen LogP contribution in [0, 0.1) is 0 Å². The molecule has 0 saturated heterocycles. The van der Waals surface area contributed by atoms with Crippen molar-refractivity contribution in [2.75, 3.05) is 0 Å². The van der Waals surface area contributed by atoms with Gasteiger partial charge in [-0.25, -0.2) is 0 Å². The Morgan fingerprint density at radius 1 is 1.27 bits per heavy atom. The SMILES string of the molecule is CC(C)(C)c1ccc(OC(F)F)c(O)c1. The minimum Gasteiger partial charge on any atom is -0.504 e. The van der Waals surface area contributed by atoms with E-state index in [0.29, 0.717) is 0 Å². The van der Waals surface area contributed by atoms with Crippen LogP contribution >= 0.6 is 0 Å². The van der Waals surface area contributed by atoms with Gasteiger partial charge in [0.15, 0.2) is 11.5 Å². The second-order valence-corrected chi connectivity index (χ2v) is 4.31. The molecule has 1 N–H and O–H groups in total. The topological polar surface area (TPSA) is 29.5 Å². The molecular weight excluding hydrogens is 202 g/mol. The van der Waals surface area contributed by atoms with Gasteiger partial charge in [-0.15, -0.1) is 0 Å². The second-order valence-electron chi connectivity index (χ2n) is 4.31. The van der Waals surface area contributed by atoms with E-state index in [-0.39, 0.29) is 16.9 Å². The van der Waals surface area contributed by atoms with Crippen LogP contribution in [0.4, 0.5) is 8.78 Å². The van der Waals surface area contributed by atoms with E-state index in [9.17, 15) is 13.9 Å². The number of alkyl halides is 2. The van der Waals surface area contributed by atoms with E-state index < -0.39 is 6.61 Å². The molecule has 1 aromatic rings. The Bertz CT molecular complexity index is 343. The Hall–Kier alpha value is -1.32. The van der Waals surface area contributed by atoms with Crippen molar-refractivity contribution in [3.05, 3.63) is 23.8 Å². The summed E-state index contributed by atoms with van der Waals surface area (Å²) in [5, 5.41) is 9.45. The lowest BCUT2D eigenvalue weighted by molar-refractivity contribution is -0.0512. The average molecular weight is 216 g/mol. The largest absolute Gasteiger partial charge is 0.504 e. The number of hydrogen-bond donors (Lipinski definition) is 1. The van der Waals surface area contributed by atoms with E-state index in [1.165, 1.54) is 12.1 Å². The first-order valence-electron chi connectivity index (χ1n) is 4.59. The van der Waals surface area contributed by atoms with Gasteiger partial charge in [0.2, 0.25) is 0 Å². The molecule has 0 fully saturated rings. The van der Waals surface area contributed by atoms with Gasteiger partial charge in [-0.05, 0) is 23.1 Å². The first-order valence-corrected chi connectivity index (χ1v) is 4.59. The van der Waals surface area contributed by atoms with Crippen LogP contribution in [-0.2, 0) is 5.41 Å². The van der Waals surface area contributed by atoms with Crippen LogP contribution < -0.4 is 4.74 Å². The monoisotopic (exact) mass is 216 g/mol. The van der Waals surface area contributed by atoms with Gasteiger partial charge in [0.1, 0.15) is 0 Å². The summed E-state index contributed by atoms with van der Waals surface area (Å²) in [4.78, 5) is 0. The fraction of sp³-hybridized carbons (Fsp3) is 0.455. The third-order valence-electron chi connectivity index (χ3n) is 2.04. The van der Waals surface area contributed by atoms with E-state index in [0.717, 1.165) is 5.56 Å². The number of benzene rings is 1. The molecule has 0 atom stereocenters. The summed E-state index contributed by atoms with van der Waals surface area (Å²) < 4.78 is 27.9. The molecule has 0 unspecified atom stereocenters. The van der Waals surface area contributed by atoms with Gasteiger partial charge in [0, 0.05) is 0 Å². The lowest BCUT2D eigenvalue weighted by Crippen LogP contribution is -2.11. The quantitative estimate of drug-likeness (QED) is 0.821. The van der Waals surface area contributed by atoms with Crippen LogP contribution in [0.2, 0.25) is 0 Å². The number of halogens is 2. The Balaban J connectivity index is 2.98. The molecule has 2 nitrogen and oxygen atoms in total. The Morgan fingerprint density at radius 3 is 2.27 bits per heavy atom. The molecule has 0 spiro atoms. The predicted molar refractivity (Wildman–Crippen MR) is 53.4 cm³/mol. The minimum absolute atomic E-state index is 0.138. The molecule has 0 bridgehead atoms. The van der Waals surface area contributed by atoms with Crippen molar-refractivity contribution in [3.8, 4) is 11.5 Å². The molecule has 0 aliphatic carbocycles. The van der Waals surface area contributed by atoms with Gasteiger partial charge in [0.25, 0.3) is 0 Å². The number of aromatic hydroxyl groups is 1. The number of phenols is 1. The Labute approximate surface area is 87.5 Å². The van der Waals surface area contributed by atoms with Gasteiger partial charge in [0.05, 0.1) is 0 Å². The van der Waals surface area contributed by atoms with Gasteiger partial charge < -0.3 is 9.84 Å². The van der Waals surface area contributed by atoms with Gasteiger partial charge in [-0.3, -0.25) is 0 Å². The first-order chi connectivity index (χ1) is 6.80. The van der Waals surface area contributed by atoms with Gasteiger partial charge in [-0.1, -0.05) is 26.8 Å². The fourth-order valence-electron chi connectivity index (χ4n) is 1.18. The van der Waals surface area contributed by atoms with Gasteiger partial charge in [-0.2, -0.15) is 8.78 Å². The number of hydrogen-bond acceptors (Lipinski definition) is 2. The van der Waals surface area contributed by atoms with Crippen LogP contribution in [0.5, 0.6) is 11.5 Å². The highest BCUT2D eigenvalue weighted by Gasteiger charge is 2.16. The third kappa shape index (κ3) is 3.08. The van der Waals surface area contributed by atoms with Crippen molar-refractivity contribution >= 4 is 0 Å². The van der Waals surface area contributed by atoms with Crippen LogP contribution in [0.25, 0.3) is 0 Å². The molecule has 0 aliphatic rings. The zero-order chi connectivity index (χ0) is 11.6. The van der Waals surface area contributed by atoms with Gasteiger partial charge >= 0.3 is 6.61 Å². The van der Waals surface area contributed by atoms with E-state index in [1.807, 2.05) is 20.8 Å². The molecule has 0 saturated carbocycles. The van der Waals surface area contributed by atoms with Crippen LogP contribution in [-0.4, -0.2) is 11.7 Å². The Morgan fingerprint density at radius 2 is 1.87 bits per heavy atom. The molecular formula is C11H14F2O2. The molecule has 15 heavy (non-hydrogen) atoms. The Kier molecular flexibility index (Phi) is 3.17. The molecule has 1 rings (SSSR count). The number of rotatable bonds is 2. The van der Waals surface area contributed by atoms with Crippen molar-refractivity contribution in [2.45, 2.75) is 32.8 Å². The van der Waals surface area contributed by atoms with Crippen molar-refractivity contribution < 1.29 is 18.6 Å². The zero-order valence-electron chi connectivity index (χ0n) is 8.92. The third-order valence-corrected chi connectivity index (χ3v) is 2.04. The normalized spacial score (nSPS) is 11.9. The van der Waals surface area contributed by atoms with Crippen molar-refractivity contribution in [1.82, 2.24) is 0 Å². The highest BCUT2D eigenvalue weighted by molar-refractivity contribution is 5.43. The molecule has 0 radical (unpaired) electrons. The second kappa shape index (κ2) is 4.04. The van der Waals surface area contributed by atoms with E-state index in [1.54, 1.807) is 6.07 Å².